The Morgan fingerprint density at radius 1 is 1.06 bits per heavy atom. The van der Waals surface area contributed by atoms with Gasteiger partial charge in [-0.1, -0.05) is 36.8 Å². The lowest BCUT2D eigenvalue weighted by Crippen LogP contribution is -2.46. The maximum Gasteiger partial charge on any atom is 0.255 e. The van der Waals surface area contributed by atoms with Crippen LogP contribution in [0.15, 0.2) is 66.0 Å². The number of thiophene rings is 1. The summed E-state index contributed by atoms with van der Waals surface area (Å²) in [4.78, 5) is 32.1. The van der Waals surface area contributed by atoms with Crippen LogP contribution >= 0.6 is 11.3 Å². The number of hydrogen-bond acceptors (Lipinski definition) is 3. The molecule has 4 unspecified atom stereocenters. The molecule has 2 fully saturated rings. The minimum atomic E-state index is -0.783. The number of hydrogen-bond donors (Lipinski definition) is 0. The summed E-state index contributed by atoms with van der Waals surface area (Å²) >= 11 is 1.51. The Morgan fingerprint density at radius 3 is 2.67 bits per heavy atom. The van der Waals surface area contributed by atoms with Crippen LogP contribution in [0.25, 0.3) is 0 Å². The van der Waals surface area contributed by atoms with Crippen molar-refractivity contribution in [3.63, 3.8) is 0 Å². The van der Waals surface area contributed by atoms with Crippen molar-refractivity contribution in [1.82, 2.24) is 0 Å². The number of anilines is 2. The summed E-state index contributed by atoms with van der Waals surface area (Å²) in [6.07, 6.45) is 4.81. The fourth-order valence-corrected chi connectivity index (χ4v) is 6.85. The summed E-state index contributed by atoms with van der Waals surface area (Å²) in [6, 6.07) is 17.0. The third-order valence-corrected chi connectivity index (χ3v) is 8.39. The van der Waals surface area contributed by atoms with E-state index in [0.717, 1.165) is 29.0 Å². The summed E-state index contributed by atoms with van der Waals surface area (Å²) < 4.78 is 14.2. The van der Waals surface area contributed by atoms with Gasteiger partial charge in [0, 0.05) is 27.9 Å². The molecule has 2 bridgehead atoms. The van der Waals surface area contributed by atoms with Crippen LogP contribution in [0.4, 0.5) is 15.8 Å². The fraction of sp³-hybridized carbons (Fsp3) is 0.333. The van der Waals surface area contributed by atoms with Crippen LogP contribution in [-0.2, 0) is 16.0 Å². The number of para-hydroxylation sites is 1. The maximum atomic E-state index is 14.2. The number of amides is 2. The molecule has 2 aliphatic carbocycles. The standard InChI is InChI=1S/C27H25FN2O2S/c28-19-5-3-6-20(15-19)29(25(31)16-21-7-4-12-33-21)26-22-8-1-2-9-23(22)30(27(26)32)24-14-17-10-11-18(24)13-17/h1-9,12,15,17-18,24,26H,10-11,13-14,16H2. The first-order valence-corrected chi connectivity index (χ1v) is 12.5. The molecule has 6 heteroatoms. The van der Waals surface area contributed by atoms with Crippen LogP contribution in [0.1, 0.15) is 42.2 Å². The summed E-state index contributed by atoms with van der Waals surface area (Å²) in [5.41, 5.74) is 2.14. The first kappa shape index (κ1) is 20.6. The molecule has 4 nitrogen and oxygen atoms in total. The van der Waals surface area contributed by atoms with Gasteiger partial charge in [-0.25, -0.2) is 4.39 Å². The van der Waals surface area contributed by atoms with Crippen molar-refractivity contribution in [2.45, 2.75) is 44.2 Å². The van der Waals surface area contributed by atoms with E-state index in [9.17, 15) is 14.0 Å². The Morgan fingerprint density at radius 2 is 1.94 bits per heavy atom. The van der Waals surface area contributed by atoms with Crippen LogP contribution in [0, 0.1) is 17.7 Å². The zero-order valence-corrected chi connectivity index (χ0v) is 19.0. The number of halogens is 1. The molecule has 2 heterocycles. The molecule has 1 aliphatic heterocycles. The fourth-order valence-electron chi connectivity index (χ4n) is 6.15. The first-order valence-electron chi connectivity index (χ1n) is 11.6. The molecule has 33 heavy (non-hydrogen) atoms. The predicted octanol–water partition coefficient (Wildman–Crippen LogP) is 5.74. The van der Waals surface area contributed by atoms with Gasteiger partial charge < -0.3 is 4.90 Å². The molecular weight excluding hydrogens is 435 g/mol. The lowest BCUT2D eigenvalue weighted by molar-refractivity contribution is -0.124. The summed E-state index contributed by atoms with van der Waals surface area (Å²) in [5.74, 6) is 0.516. The number of nitrogens with zero attached hydrogens (tertiary/aromatic N) is 2. The zero-order chi connectivity index (χ0) is 22.5. The highest BCUT2D eigenvalue weighted by molar-refractivity contribution is 7.10. The monoisotopic (exact) mass is 460 g/mol. The van der Waals surface area contributed by atoms with E-state index in [0.29, 0.717) is 17.5 Å². The van der Waals surface area contributed by atoms with Gasteiger partial charge in [-0.15, -0.1) is 11.3 Å². The molecule has 1 aromatic heterocycles. The quantitative estimate of drug-likeness (QED) is 0.487. The van der Waals surface area contributed by atoms with Crippen LogP contribution in [0.2, 0.25) is 0 Å². The Hall–Kier alpha value is -2.99. The van der Waals surface area contributed by atoms with Crippen LogP contribution in [0.5, 0.6) is 0 Å². The van der Waals surface area contributed by atoms with E-state index in [1.807, 2.05) is 46.7 Å². The SMILES string of the molecule is O=C(Cc1cccs1)N(c1cccc(F)c1)C1C(=O)N(C2CC3CCC2C3)c2ccccc21. The molecule has 0 radical (unpaired) electrons. The number of benzene rings is 2. The predicted molar refractivity (Wildman–Crippen MR) is 128 cm³/mol. The minimum Gasteiger partial charge on any atom is -0.307 e. The lowest BCUT2D eigenvalue weighted by Gasteiger charge is -2.33. The Balaban J connectivity index is 1.43. The van der Waals surface area contributed by atoms with Gasteiger partial charge in [0.15, 0.2) is 0 Å². The van der Waals surface area contributed by atoms with Crippen molar-refractivity contribution < 1.29 is 14.0 Å². The molecule has 3 aliphatic rings. The van der Waals surface area contributed by atoms with Crippen molar-refractivity contribution in [1.29, 1.82) is 0 Å². The highest BCUT2D eigenvalue weighted by Gasteiger charge is 2.51. The molecule has 6 rings (SSSR count). The third-order valence-electron chi connectivity index (χ3n) is 7.51. The van der Waals surface area contributed by atoms with Gasteiger partial charge in [0.05, 0.1) is 6.42 Å². The highest BCUT2D eigenvalue weighted by Crippen LogP contribution is 2.51. The Labute approximate surface area is 196 Å². The molecular formula is C27H25FN2O2S. The van der Waals surface area contributed by atoms with Crippen molar-refractivity contribution in [3.8, 4) is 0 Å². The lowest BCUT2D eigenvalue weighted by atomic mass is 9.94. The first-order chi connectivity index (χ1) is 16.1. The maximum absolute atomic E-state index is 14.2. The normalized spacial score (nSPS) is 25.5. The molecule has 0 spiro atoms. The van der Waals surface area contributed by atoms with Gasteiger partial charge in [0.25, 0.3) is 5.91 Å². The van der Waals surface area contributed by atoms with E-state index < -0.39 is 11.9 Å². The number of fused-ring (bicyclic) bond motifs is 3. The van der Waals surface area contributed by atoms with Gasteiger partial charge in [0.2, 0.25) is 5.91 Å². The van der Waals surface area contributed by atoms with Crippen molar-refractivity contribution in [2.75, 3.05) is 9.80 Å². The molecule has 4 atom stereocenters. The van der Waals surface area contributed by atoms with Crippen LogP contribution in [-0.4, -0.2) is 17.9 Å². The van der Waals surface area contributed by atoms with Gasteiger partial charge in [-0.3, -0.25) is 14.5 Å². The van der Waals surface area contributed by atoms with Crippen molar-refractivity contribution in [3.05, 3.63) is 82.3 Å². The van der Waals surface area contributed by atoms with E-state index in [2.05, 4.69) is 0 Å². The molecule has 0 N–H and O–H groups in total. The van der Waals surface area contributed by atoms with E-state index >= 15 is 0 Å². The molecule has 2 saturated carbocycles. The highest BCUT2D eigenvalue weighted by atomic mass is 32.1. The molecule has 2 amide bonds. The average molecular weight is 461 g/mol. The van der Waals surface area contributed by atoms with Crippen molar-refractivity contribution in [2.24, 2.45) is 11.8 Å². The molecule has 168 valence electrons. The number of carbonyl (C=O) groups excluding carboxylic acids is 2. The largest absolute Gasteiger partial charge is 0.307 e. The van der Waals surface area contributed by atoms with Gasteiger partial charge in [-0.05, 0) is 66.8 Å². The van der Waals surface area contributed by atoms with Gasteiger partial charge in [-0.2, -0.15) is 0 Å². The van der Waals surface area contributed by atoms with Crippen LogP contribution < -0.4 is 9.80 Å². The second-order valence-corrected chi connectivity index (χ2v) is 10.4. The van der Waals surface area contributed by atoms with E-state index in [4.69, 9.17) is 0 Å². The summed E-state index contributed by atoms with van der Waals surface area (Å²) in [5, 5.41) is 1.93. The smallest absolute Gasteiger partial charge is 0.255 e. The van der Waals surface area contributed by atoms with Gasteiger partial charge in [0.1, 0.15) is 11.9 Å². The summed E-state index contributed by atoms with van der Waals surface area (Å²) in [6.45, 7) is 0. The molecule has 3 aromatic rings. The zero-order valence-electron chi connectivity index (χ0n) is 18.2. The third kappa shape index (κ3) is 3.48. The average Bonchev–Trinajstić information content (AvgIpc) is 3.60. The van der Waals surface area contributed by atoms with E-state index in [1.165, 1.54) is 41.2 Å². The second-order valence-electron chi connectivity index (χ2n) is 9.41. The van der Waals surface area contributed by atoms with Crippen molar-refractivity contribution >= 4 is 34.5 Å². The number of rotatable bonds is 5. The van der Waals surface area contributed by atoms with E-state index in [1.54, 1.807) is 12.1 Å². The molecule has 0 saturated heterocycles. The Kier molecular flexibility index (Phi) is 5.06. The Bertz CT molecular complexity index is 1210. The minimum absolute atomic E-state index is 0.0717. The molecule has 2 aromatic carbocycles. The number of carbonyl (C=O) groups is 2. The van der Waals surface area contributed by atoms with E-state index in [-0.39, 0.29) is 24.3 Å². The summed E-state index contributed by atoms with van der Waals surface area (Å²) in [7, 11) is 0. The topological polar surface area (TPSA) is 40.6 Å². The van der Waals surface area contributed by atoms with Gasteiger partial charge >= 0.3 is 0 Å². The van der Waals surface area contributed by atoms with Crippen LogP contribution in [0.3, 0.4) is 0 Å². The second kappa shape index (κ2) is 8.10.